The van der Waals surface area contributed by atoms with Gasteiger partial charge in [0.05, 0.1) is 25.9 Å². The number of halogens is 2. The zero-order valence-electron chi connectivity index (χ0n) is 24.4. The highest BCUT2D eigenvalue weighted by molar-refractivity contribution is 6.34. The van der Waals surface area contributed by atoms with E-state index in [0.29, 0.717) is 60.1 Å². The molecule has 0 saturated heterocycles. The molecule has 3 aromatic carbocycles. The van der Waals surface area contributed by atoms with E-state index in [4.69, 9.17) is 42.1 Å². The summed E-state index contributed by atoms with van der Waals surface area (Å²) in [5.74, 6) is 0.189. The summed E-state index contributed by atoms with van der Waals surface area (Å²) < 4.78 is 22.4. The number of amides is 2. The van der Waals surface area contributed by atoms with Crippen LogP contribution in [0.15, 0.2) is 66.7 Å². The molecule has 0 radical (unpaired) electrons. The zero-order valence-corrected chi connectivity index (χ0v) is 25.9. The molecular weight excluding hydrogens is 595 g/mol. The van der Waals surface area contributed by atoms with Gasteiger partial charge in [-0.05, 0) is 73.4 Å². The molecule has 2 N–H and O–H groups in total. The Morgan fingerprint density at radius 2 is 1.65 bits per heavy atom. The SMILES string of the molecule is CCOC(Cc1ccc(OCCN(CCCCOCc2cc(Cl)cc(Cl)c2)C(=O)Nc2ccccc2OC)cc1)C(=O)O. The minimum atomic E-state index is -0.994. The monoisotopic (exact) mass is 632 g/mol. The molecule has 9 nitrogen and oxygen atoms in total. The van der Waals surface area contributed by atoms with Crippen molar-refractivity contribution in [3.8, 4) is 11.5 Å². The van der Waals surface area contributed by atoms with Crippen LogP contribution in [0.3, 0.4) is 0 Å². The van der Waals surface area contributed by atoms with Crippen molar-refractivity contribution in [1.29, 1.82) is 0 Å². The molecule has 0 heterocycles. The lowest BCUT2D eigenvalue weighted by molar-refractivity contribution is -0.149. The third-order valence-corrected chi connectivity index (χ3v) is 6.85. The molecule has 0 saturated carbocycles. The Kier molecular flexibility index (Phi) is 14.4. The standard InChI is InChI=1S/C32H38Cl2N2O7/c1-3-42-30(31(37)38)20-23-10-12-27(13-11-23)43-17-15-36(32(39)35-28-8-4-5-9-29(28)40-2)14-6-7-16-41-22-24-18-25(33)21-26(34)19-24/h4-5,8-13,18-19,21,30H,3,6-7,14-17,20,22H2,1-2H3,(H,35,39)(H,37,38). The van der Waals surface area contributed by atoms with Crippen LogP contribution in [0.1, 0.15) is 30.9 Å². The number of anilines is 1. The summed E-state index contributed by atoms with van der Waals surface area (Å²) in [6.07, 6.45) is 0.827. The Labute approximate surface area is 262 Å². The van der Waals surface area contributed by atoms with Gasteiger partial charge in [0.25, 0.3) is 0 Å². The molecule has 0 aliphatic rings. The fraction of sp³-hybridized carbons (Fsp3) is 0.375. The molecule has 1 atom stereocenters. The molecule has 2 amide bonds. The smallest absolute Gasteiger partial charge is 0.333 e. The Morgan fingerprint density at radius 1 is 0.930 bits per heavy atom. The van der Waals surface area contributed by atoms with E-state index in [2.05, 4.69) is 5.32 Å². The van der Waals surface area contributed by atoms with Crippen LogP contribution in [0.4, 0.5) is 10.5 Å². The molecule has 43 heavy (non-hydrogen) atoms. The van der Waals surface area contributed by atoms with E-state index in [1.807, 2.05) is 36.4 Å². The molecule has 0 fully saturated rings. The largest absolute Gasteiger partial charge is 0.495 e. The average molecular weight is 634 g/mol. The van der Waals surface area contributed by atoms with Crippen molar-refractivity contribution in [2.75, 3.05) is 45.3 Å². The van der Waals surface area contributed by atoms with Crippen LogP contribution < -0.4 is 14.8 Å². The van der Waals surface area contributed by atoms with Crippen molar-refractivity contribution >= 4 is 40.9 Å². The molecule has 0 bridgehead atoms. The summed E-state index contributed by atoms with van der Waals surface area (Å²) in [7, 11) is 1.55. The number of methoxy groups -OCH3 is 1. The number of para-hydroxylation sites is 2. The van der Waals surface area contributed by atoms with Crippen molar-refractivity contribution < 1.29 is 33.6 Å². The fourth-order valence-electron chi connectivity index (χ4n) is 4.28. The van der Waals surface area contributed by atoms with Crippen LogP contribution in [0.25, 0.3) is 0 Å². The van der Waals surface area contributed by atoms with Gasteiger partial charge in [0.1, 0.15) is 18.1 Å². The lowest BCUT2D eigenvalue weighted by atomic mass is 10.1. The third-order valence-electron chi connectivity index (χ3n) is 6.41. The molecule has 11 heteroatoms. The molecule has 0 aromatic heterocycles. The molecule has 1 unspecified atom stereocenters. The zero-order chi connectivity index (χ0) is 31.0. The molecule has 0 spiro atoms. The number of nitrogens with zero attached hydrogens (tertiary/aromatic N) is 1. The summed E-state index contributed by atoms with van der Waals surface area (Å²) in [5, 5.41) is 13.4. The first-order chi connectivity index (χ1) is 20.8. The van der Waals surface area contributed by atoms with Gasteiger partial charge in [-0.2, -0.15) is 0 Å². The first-order valence-corrected chi connectivity index (χ1v) is 14.8. The van der Waals surface area contributed by atoms with Crippen LogP contribution in [0, 0.1) is 0 Å². The van der Waals surface area contributed by atoms with Gasteiger partial charge in [0.2, 0.25) is 0 Å². The highest BCUT2D eigenvalue weighted by atomic mass is 35.5. The second-order valence-electron chi connectivity index (χ2n) is 9.63. The van der Waals surface area contributed by atoms with E-state index in [1.54, 1.807) is 49.3 Å². The quantitative estimate of drug-likeness (QED) is 0.146. The summed E-state index contributed by atoms with van der Waals surface area (Å²) >= 11 is 12.1. The van der Waals surface area contributed by atoms with E-state index >= 15 is 0 Å². The van der Waals surface area contributed by atoms with Gasteiger partial charge in [-0.25, -0.2) is 9.59 Å². The number of carboxylic acids is 1. The number of ether oxygens (including phenoxy) is 4. The average Bonchev–Trinajstić information content (AvgIpc) is 2.98. The number of hydrogen-bond donors (Lipinski definition) is 2. The summed E-state index contributed by atoms with van der Waals surface area (Å²) in [4.78, 5) is 26.3. The van der Waals surface area contributed by atoms with Crippen molar-refractivity contribution in [1.82, 2.24) is 4.90 Å². The summed E-state index contributed by atoms with van der Waals surface area (Å²) in [5.41, 5.74) is 2.30. The van der Waals surface area contributed by atoms with Gasteiger partial charge in [-0.3, -0.25) is 0 Å². The van der Waals surface area contributed by atoms with E-state index in [1.165, 1.54) is 0 Å². The Balaban J connectivity index is 1.52. The fourth-order valence-corrected chi connectivity index (χ4v) is 4.85. The normalized spacial score (nSPS) is 11.5. The number of nitrogens with one attached hydrogen (secondary N) is 1. The number of rotatable bonds is 18. The van der Waals surface area contributed by atoms with Gasteiger partial charge < -0.3 is 34.3 Å². The van der Waals surface area contributed by atoms with Gasteiger partial charge >= 0.3 is 12.0 Å². The van der Waals surface area contributed by atoms with Crippen LogP contribution in [0.2, 0.25) is 10.0 Å². The number of carbonyl (C=O) groups excluding carboxylic acids is 1. The van der Waals surface area contributed by atoms with E-state index in [0.717, 1.165) is 24.0 Å². The number of carboxylic acid groups (broad SMARTS) is 1. The first kappa shape index (κ1) is 34.0. The predicted molar refractivity (Wildman–Crippen MR) is 168 cm³/mol. The number of benzene rings is 3. The minimum Gasteiger partial charge on any atom is -0.495 e. The lowest BCUT2D eigenvalue weighted by Crippen LogP contribution is -2.38. The number of carbonyl (C=O) groups is 2. The van der Waals surface area contributed by atoms with Crippen molar-refractivity contribution in [3.05, 3.63) is 87.9 Å². The Morgan fingerprint density at radius 3 is 2.33 bits per heavy atom. The second-order valence-corrected chi connectivity index (χ2v) is 10.5. The maximum absolute atomic E-state index is 13.2. The van der Waals surface area contributed by atoms with E-state index < -0.39 is 12.1 Å². The minimum absolute atomic E-state index is 0.261. The van der Waals surface area contributed by atoms with Crippen LogP contribution in [0.5, 0.6) is 11.5 Å². The summed E-state index contributed by atoms with van der Waals surface area (Å²) in [6.45, 7) is 4.10. The highest BCUT2D eigenvalue weighted by Gasteiger charge is 2.18. The Bertz CT molecular complexity index is 1290. The predicted octanol–water partition coefficient (Wildman–Crippen LogP) is 6.94. The Hall–Kier alpha value is -3.50. The topological polar surface area (TPSA) is 107 Å². The van der Waals surface area contributed by atoms with Crippen LogP contribution >= 0.6 is 23.2 Å². The van der Waals surface area contributed by atoms with Crippen molar-refractivity contribution in [2.24, 2.45) is 0 Å². The maximum Gasteiger partial charge on any atom is 0.333 e. The molecule has 232 valence electrons. The van der Waals surface area contributed by atoms with Crippen LogP contribution in [-0.2, 0) is 27.3 Å². The third kappa shape index (κ3) is 12.0. The molecule has 0 aliphatic carbocycles. The lowest BCUT2D eigenvalue weighted by Gasteiger charge is -2.24. The summed E-state index contributed by atoms with van der Waals surface area (Å²) in [6, 6.07) is 19.5. The second kappa shape index (κ2) is 18.2. The molecule has 3 rings (SSSR count). The van der Waals surface area contributed by atoms with Gasteiger partial charge in [0.15, 0.2) is 6.10 Å². The van der Waals surface area contributed by atoms with Crippen LogP contribution in [-0.4, -0.2) is 68.1 Å². The van der Waals surface area contributed by atoms with E-state index in [-0.39, 0.29) is 19.1 Å². The maximum atomic E-state index is 13.2. The number of urea groups is 1. The van der Waals surface area contributed by atoms with Gasteiger partial charge in [-0.15, -0.1) is 0 Å². The number of hydrogen-bond acceptors (Lipinski definition) is 6. The highest BCUT2D eigenvalue weighted by Crippen LogP contribution is 2.24. The van der Waals surface area contributed by atoms with Crippen molar-refractivity contribution in [3.63, 3.8) is 0 Å². The number of unbranched alkanes of at least 4 members (excludes halogenated alkanes) is 1. The van der Waals surface area contributed by atoms with Gasteiger partial charge in [0, 0.05) is 36.2 Å². The van der Waals surface area contributed by atoms with Gasteiger partial charge in [-0.1, -0.05) is 47.5 Å². The van der Waals surface area contributed by atoms with E-state index in [9.17, 15) is 14.7 Å². The van der Waals surface area contributed by atoms with Crippen molar-refractivity contribution in [2.45, 2.75) is 38.9 Å². The molecular formula is C32H38Cl2N2O7. The number of aliphatic carboxylic acids is 1. The molecule has 0 aliphatic heterocycles. The first-order valence-electron chi connectivity index (χ1n) is 14.1. The molecule has 3 aromatic rings.